The summed E-state index contributed by atoms with van der Waals surface area (Å²) in [5.41, 5.74) is 3.00. The van der Waals surface area contributed by atoms with Gasteiger partial charge >= 0.3 is 0 Å². The number of halogens is 2. The lowest BCUT2D eigenvalue weighted by Gasteiger charge is -2.14. The lowest BCUT2D eigenvalue weighted by molar-refractivity contribution is -0.885. The highest BCUT2D eigenvalue weighted by atomic mass is 32.2. The zero-order valence-electron chi connectivity index (χ0n) is 13.7. The summed E-state index contributed by atoms with van der Waals surface area (Å²) < 4.78 is 24.5. The van der Waals surface area contributed by atoms with Crippen LogP contribution >= 0.6 is 11.8 Å². The number of likely N-dealkylation sites (N-methyl/N-ethyl adjacent to an activating group) is 1. The third-order valence-electron chi connectivity index (χ3n) is 3.45. The molecule has 0 bridgehead atoms. The molecule has 2 aromatic rings. The maximum absolute atomic E-state index is 12.3. The van der Waals surface area contributed by atoms with Crippen LogP contribution in [0.3, 0.4) is 0 Å². The van der Waals surface area contributed by atoms with Gasteiger partial charge in [0.25, 0.3) is 11.7 Å². The average Bonchev–Trinajstić information content (AvgIpc) is 2.51. The van der Waals surface area contributed by atoms with E-state index in [1.165, 1.54) is 11.1 Å². The number of anilines is 1. The Morgan fingerprint density at radius 3 is 2.33 bits per heavy atom. The molecule has 3 nitrogen and oxygen atoms in total. The van der Waals surface area contributed by atoms with Gasteiger partial charge in [-0.05, 0) is 31.2 Å². The molecule has 1 amide bonds. The fourth-order valence-corrected chi connectivity index (χ4v) is 2.81. The molecule has 2 N–H and O–H groups in total. The molecule has 1 atom stereocenters. The molecule has 0 saturated carbocycles. The molecule has 0 aliphatic carbocycles. The monoisotopic (exact) mass is 351 g/mol. The Kier molecular flexibility index (Phi) is 6.75. The maximum atomic E-state index is 12.3. The van der Waals surface area contributed by atoms with E-state index in [-0.39, 0.29) is 5.91 Å². The van der Waals surface area contributed by atoms with Crippen molar-refractivity contribution in [2.45, 2.75) is 24.1 Å². The Balaban J connectivity index is 1.82. The van der Waals surface area contributed by atoms with Gasteiger partial charge < -0.3 is 10.2 Å². The van der Waals surface area contributed by atoms with Gasteiger partial charge in [0.15, 0.2) is 6.54 Å². The van der Waals surface area contributed by atoms with Crippen molar-refractivity contribution < 1.29 is 18.5 Å². The van der Waals surface area contributed by atoms with E-state index in [0.29, 0.717) is 28.9 Å². The first-order chi connectivity index (χ1) is 11.4. The van der Waals surface area contributed by atoms with Crippen LogP contribution in [-0.4, -0.2) is 25.3 Å². The second-order valence-corrected chi connectivity index (χ2v) is 6.81. The van der Waals surface area contributed by atoms with Gasteiger partial charge in [0.05, 0.1) is 7.05 Å². The van der Waals surface area contributed by atoms with Gasteiger partial charge in [-0.25, -0.2) is 0 Å². The average molecular weight is 351 g/mol. The SMILES string of the molecule is Cc1ccc(C[NH+](C)CC(=O)Nc2ccc(SC(F)F)cc2)cc1. The van der Waals surface area contributed by atoms with Crippen molar-refractivity contribution in [1.29, 1.82) is 0 Å². The number of alkyl halides is 2. The summed E-state index contributed by atoms with van der Waals surface area (Å²) in [7, 11) is 1.96. The van der Waals surface area contributed by atoms with Crippen LogP contribution < -0.4 is 10.2 Å². The highest BCUT2D eigenvalue weighted by molar-refractivity contribution is 7.99. The number of aryl methyl sites for hydroxylation is 1. The zero-order chi connectivity index (χ0) is 17.5. The summed E-state index contributed by atoms with van der Waals surface area (Å²) >= 11 is 0.489. The van der Waals surface area contributed by atoms with E-state index in [9.17, 15) is 13.6 Å². The van der Waals surface area contributed by atoms with Crippen LogP contribution in [0.1, 0.15) is 11.1 Å². The molecule has 2 aromatic carbocycles. The predicted molar refractivity (Wildman–Crippen MR) is 93.6 cm³/mol. The molecule has 0 heterocycles. The quantitative estimate of drug-likeness (QED) is 0.752. The van der Waals surface area contributed by atoms with Gasteiger partial charge in [-0.15, -0.1) is 0 Å². The third kappa shape index (κ3) is 6.29. The van der Waals surface area contributed by atoms with Crippen LogP contribution in [0.25, 0.3) is 0 Å². The Bertz CT molecular complexity index is 660. The van der Waals surface area contributed by atoms with Crippen molar-refractivity contribution in [3.63, 3.8) is 0 Å². The molecule has 0 fully saturated rings. The number of benzene rings is 2. The second kappa shape index (κ2) is 8.80. The molecule has 2 rings (SSSR count). The lowest BCUT2D eigenvalue weighted by Crippen LogP contribution is -3.08. The smallest absolute Gasteiger partial charge is 0.288 e. The van der Waals surface area contributed by atoms with Crippen molar-refractivity contribution >= 4 is 23.4 Å². The Labute approximate surface area is 145 Å². The molecule has 128 valence electrons. The first-order valence-electron chi connectivity index (χ1n) is 7.64. The number of amides is 1. The van der Waals surface area contributed by atoms with Crippen molar-refractivity contribution in [1.82, 2.24) is 0 Å². The summed E-state index contributed by atoms with van der Waals surface area (Å²) in [6, 6.07) is 14.7. The number of hydrogen-bond donors (Lipinski definition) is 2. The van der Waals surface area contributed by atoms with E-state index in [1.54, 1.807) is 24.3 Å². The van der Waals surface area contributed by atoms with E-state index in [0.717, 1.165) is 11.4 Å². The van der Waals surface area contributed by atoms with Crippen molar-refractivity contribution in [3.05, 3.63) is 59.7 Å². The molecule has 0 spiro atoms. The minimum absolute atomic E-state index is 0.103. The van der Waals surface area contributed by atoms with Crippen molar-refractivity contribution in [3.8, 4) is 0 Å². The fourth-order valence-electron chi connectivity index (χ4n) is 2.32. The molecular weight excluding hydrogens is 330 g/mol. The van der Waals surface area contributed by atoms with E-state index >= 15 is 0 Å². The van der Waals surface area contributed by atoms with Gasteiger partial charge in [-0.2, -0.15) is 8.78 Å². The van der Waals surface area contributed by atoms with Crippen molar-refractivity contribution in [2.75, 3.05) is 18.9 Å². The molecular formula is C18H21F2N2OS+. The second-order valence-electron chi connectivity index (χ2n) is 5.75. The van der Waals surface area contributed by atoms with Gasteiger partial charge in [0.2, 0.25) is 0 Å². The minimum atomic E-state index is -2.44. The number of quaternary nitrogens is 1. The highest BCUT2D eigenvalue weighted by Gasteiger charge is 2.11. The molecule has 0 aliphatic rings. The first-order valence-corrected chi connectivity index (χ1v) is 8.52. The van der Waals surface area contributed by atoms with Crippen molar-refractivity contribution in [2.24, 2.45) is 0 Å². The normalized spacial score (nSPS) is 12.2. The molecule has 0 radical (unpaired) electrons. The molecule has 0 aromatic heterocycles. The summed E-state index contributed by atoms with van der Waals surface area (Å²) in [5, 5.41) is 2.79. The summed E-state index contributed by atoms with van der Waals surface area (Å²) in [6.45, 7) is 3.14. The van der Waals surface area contributed by atoms with Gasteiger partial charge in [0, 0.05) is 16.1 Å². The standard InChI is InChI=1S/C18H20F2N2OS/c1-13-3-5-14(6-4-13)11-22(2)12-17(23)21-15-7-9-16(10-8-15)24-18(19)20/h3-10,18H,11-12H2,1-2H3,(H,21,23)/p+1. The molecule has 0 aliphatic heterocycles. The zero-order valence-corrected chi connectivity index (χ0v) is 14.5. The fraction of sp³-hybridized carbons (Fsp3) is 0.278. The van der Waals surface area contributed by atoms with Gasteiger partial charge in [0.1, 0.15) is 6.54 Å². The lowest BCUT2D eigenvalue weighted by atomic mass is 10.1. The Hall–Kier alpha value is -1.92. The number of hydrogen-bond acceptors (Lipinski definition) is 2. The van der Waals surface area contributed by atoms with Crippen LogP contribution in [0.4, 0.5) is 14.5 Å². The van der Waals surface area contributed by atoms with Gasteiger partial charge in [-0.1, -0.05) is 41.6 Å². The van der Waals surface area contributed by atoms with E-state index < -0.39 is 5.76 Å². The number of carbonyl (C=O) groups is 1. The number of nitrogens with one attached hydrogen (secondary N) is 2. The van der Waals surface area contributed by atoms with E-state index in [4.69, 9.17) is 0 Å². The van der Waals surface area contributed by atoms with Crippen LogP contribution in [0.5, 0.6) is 0 Å². The van der Waals surface area contributed by atoms with Crippen LogP contribution in [0.2, 0.25) is 0 Å². The Morgan fingerprint density at radius 1 is 1.12 bits per heavy atom. The summed E-state index contributed by atoms with van der Waals surface area (Å²) in [5.74, 6) is -2.54. The largest absolute Gasteiger partial charge is 0.326 e. The summed E-state index contributed by atoms with van der Waals surface area (Å²) in [4.78, 5) is 13.6. The molecule has 1 unspecified atom stereocenters. The van der Waals surface area contributed by atoms with E-state index in [2.05, 4.69) is 29.6 Å². The van der Waals surface area contributed by atoms with Gasteiger partial charge in [-0.3, -0.25) is 4.79 Å². The molecule has 0 saturated heterocycles. The van der Waals surface area contributed by atoms with Crippen LogP contribution in [-0.2, 0) is 11.3 Å². The van der Waals surface area contributed by atoms with Crippen LogP contribution in [0.15, 0.2) is 53.4 Å². The third-order valence-corrected chi connectivity index (χ3v) is 4.17. The maximum Gasteiger partial charge on any atom is 0.288 e. The molecule has 24 heavy (non-hydrogen) atoms. The number of carbonyl (C=O) groups excluding carboxylic acids is 1. The first kappa shape index (κ1) is 18.4. The highest BCUT2D eigenvalue weighted by Crippen LogP contribution is 2.26. The molecule has 6 heteroatoms. The van der Waals surface area contributed by atoms with E-state index in [1.807, 2.05) is 14.0 Å². The predicted octanol–water partition coefficient (Wildman–Crippen LogP) is 2.96. The number of thioether (sulfide) groups is 1. The van der Waals surface area contributed by atoms with Crippen LogP contribution in [0, 0.1) is 6.92 Å². The Morgan fingerprint density at radius 2 is 1.75 bits per heavy atom. The number of rotatable bonds is 7. The summed E-state index contributed by atoms with van der Waals surface area (Å²) in [6.07, 6.45) is 0. The topological polar surface area (TPSA) is 33.5 Å². The minimum Gasteiger partial charge on any atom is -0.326 e.